The van der Waals surface area contributed by atoms with Gasteiger partial charge in [0.25, 0.3) is 0 Å². The normalized spacial score (nSPS) is 10.7. The van der Waals surface area contributed by atoms with Crippen molar-refractivity contribution in [2.75, 3.05) is 26.4 Å². The average Bonchev–Trinajstić information content (AvgIpc) is 2.35. The van der Waals surface area contributed by atoms with E-state index in [0.29, 0.717) is 5.82 Å². The van der Waals surface area contributed by atoms with Gasteiger partial charge in [-0.15, -0.1) is 0 Å². The van der Waals surface area contributed by atoms with Crippen molar-refractivity contribution in [3.05, 3.63) is 24.0 Å². The molecule has 2 aromatic rings. The zero-order valence-electron chi connectivity index (χ0n) is 10.0. The molecular weight excluding hydrogens is 216 g/mol. The number of fused-ring (bicyclic) bond motifs is 1. The molecular formula is C12H16N4O. The van der Waals surface area contributed by atoms with Crippen molar-refractivity contribution in [3.8, 4) is 5.75 Å². The molecule has 1 aromatic carbocycles. The van der Waals surface area contributed by atoms with E-state index in [0.717, 1.165) is 35.4 Å². The Morgan fingerprint density at radius 2 is 2.18 bits per heavy atom. The summed E-state index contributed by atoms with van der Waals surface area (Å²) in [6.45, 7) is 0.828. The third-order valence-corrected chi connectivity index (χ3v) is 2.58. The van der Waals surface area contributed by atoms with Crippen LogP contribution in [0.1, 0.15) is 5.82 Å². The largest absolute Gasteiger partial charge is 0.497 e. The summed E-state index contributed by atoms with van der Waals surface area (Å²) < 4.78 is 5.17. The topological polar surface area (TPSA) is 73.1 Å². The fourth-order valence-corrected chi connectivity index (χ4v) is 1.66. The second-order valence-electron chi connectivity index (χ2n) is 3.76. The Hall–Kier alpha value is -1.88. The molecule has 0 unspecified atom stereocenters. The molecule has 3 N–H and O–H groups in total. The van der Waals surface area contributed by atoms with Crippen LogP contribution >= 0.6 is 0 Å². The van der Waals surface area contributed by atoms with Crippen LogP contribution < -0.4 is 15.8 Å². The molecule has 5 heteroatoms. The third-order valence-electron chi connectivity index (χ3n) is 2.58. The van der Waals surface area contributed by atoms with Crippen LogP contribution in [0.3, 0.4) is 0 Å². The predicted octanol–water partition coefficient (Wildman–Crippen LogP) is 0.982. The maximum absolute atomic E-state index is 5.91. The van der Waals surface area contributed by atoms with Crippen molar-refractivity contribution < 1.29 is 4.74 Å². The number of likely N-dealkylation sites (N-methyl/N-ethyl adjacent to an activating group) is 1. The minimum Gasteiger partial charge on any atom is -0.497 e. The monoisotopic (exact) mass is 232 g/mol. The number of anilines is 1. The fraction of sp³-hybridized carbons (Fsp3) is 0.333. The van der Waals surface area contributed by atoms with Crippen molar-refractivity contribution in [3.63, 3.8) is 0 Å². The summed E-state index contributed by atoms with van der Waals surface area (Å²) in [5, 5.41) is 3.92. The first kappa shape index (κ1) is 11.6. The lowest BCUT2D eigenvalue weighted by atomic mass is 10.2. The number of nitrogens with one attached hydrogen (secondary N) is 1. The Kier molecular flexibility index (Phi) is 3.39. The van der Waals surface area contributed by atoms with Gasteiger partial charge in [-0.2, -0.15) is 0 Å². The molecule has 0 fully saturated rings. The first-order valence-electron chi connectivity index (χ1n) is 5.49. The van der Waals surface area contributed by atoms with E-state index < -0.39 is 0 Å². The van der Waals surface area contributed by atoms with Crippen molar-refractivity contribution in [2.45, 2.75) is 6.42 Å². The number of hydrogen-bond donors (Lipinski definition) is 2. The van der Waals surface area contributed by atoms with Crippen molar-refractivity contribution in [2.24, 2.45) is 0 Å². The van der Waals surface area contributed by atoms with Gasteiger partial charge >= 0.3 is 0 Å². The van der Waals surface area contributed by atoms with Gasteiger partial charge in [0.15, 0.2) is 0 Å². The Morgan fingerprint density at radius 3 is 2.88 bits per heavy atom. The summed E-state index contributed by atoms with van der Waals surface area (Å²) in [6, 6.07) is 5.61. The lowest BCUT2D eigenvalue weighted by Gasteiger charge is -2.06. The van der Waals surface area contributed by atoms with Crippen molar-refractivity contribution >= 4 is 16.7 Å². The minimum atomic E-state index is 0.517. The van der Waals surface area contributed by atoms with E-state index in [1.807, 2.05) is 25.2 Å². The highest BCUT2D eigenvalue weighted by Gasteiger charge is 2.06. The maximum Gasteiger partial charge on any atom is 0.135 e. The molecule has 2 rings (SSSR count). The van der Waals surface area contributed by atoms with E-state index in [9.17, 15) is 0 Å². The van der Waals surface area contributed by atoms with E-state index in [1.165, 1.54) is 0 Å². The van der Waals surface area contributed by atoms with Gasteiger partial charge in [0.1, 0.15) is 17.4 Å². The van der Waals surface area contributed by atoms with Crippen LogP contribution in [0.2, 0.25) is 0 Å². The highest BCUT2D eigenvalue weighted by molar-refractivity contribution is 5.88. The Morgan fingerprint density at radius 1 is 1.35 bits per heavy atom. The molecule has 90 valence electrons. The highest BCUT2D eigenvalue weighted by atomic mass is 16.5. The predicted molar refractivity (Wildman–Crippen MR) is 68.1 cm³/mol. The standard InChI is InChI=1S/C12H16N4O/c1-14-6-5-11-15-10-7-8(17-2)3-4-9(10)12(13)16-11/h3-4,7,14H,5-6H2,1-2H3,(H2,13,15,16). The van der Waals surface area contributed by atoms with Crippen LogP contribution in [-0.2, 0) is 6.42 Å². The summed E-state index contributed by atoms with van der Waals surface area (Å²) in [4.78, 5) is 8.75. The molecule has 0 spiro atoms. The molecule has 0 aliphatic rings. The lowest BCUT2D eigenvalue weighted by Crippen LogP contribution is -2.13. The molecule has 17 heavy (non-hydrogen) atoms. The smallest absolute Gasteiger partial charge is 0.135 e. The highest BCUT2D eigenvalue weighted by Crippen LogP contribution is 2.22. The molecule has 0 atom stereocenters. The summed E-state index contributed by atoms with van der Waals surface area (Å²) in [6.07, 6.45) is 0.758. The van der Waals surface area contributed by atoms with E-state index >= 15 is 0 Å². The van der Waals surface area contributed by atoms with Gasteiger partial charge in [-0.1, -0.05) is 0 Å². The molecule has 0 bridgehead atoms. The number of methoxy groups -OCH3 is 1. The van der Waals surface area contributed by atoms with Gasteiger partial charge in [-0.05, 0) is 19.2 Å². The van der Waals surface area contributed by atoms with Crippen LogP contribution in [0, 0.1) is 0 Å². The number of ether oxygens (including phenoxy) is 1. The van der Waals surface area contributed by atoms with Gasteiger partial charge in [0.05, 0.1) is 12.6 Å². The van der Waals surface area contributed by atoms with Crippen LogP contribution in [0.5, 0.6) is 5.75 Å². The van der Waals surface area contributed by atoms with Gasteiger partial charge in [-0.25, -0.2) is 9.97 Å². The van der Waals surface area contributed by atoms with E-state index in [2.05, 4.69) is 15.3 Å². The quantitative estimate of drug-likeness (QED) is 0.822. The number of rotatable bonds is 4. The molecule has 1 heterocycles. The van der Waals surface area contributed by atoms with E-state index in [1.54, 1.807) is 7.11 Å². The average molecular weight is 232 g/mol. The first-order chi connectivity index (χ1) is 8.24. The van der Waals surface area contributed by atoms with Crippen LogP contribution in [0.15, 0.2) is 18.2 Å². The zero-order valence-corrected chi connectivity index (χ0v) is 10.0. The SMILES string of the molecule is CNCCc1nc(N)c2ccc(OC)cc2n1. The molecule has 0 aliphatic carbocycles. The Balaban J connectivity index is 2.46. The van der Waals surface area contributed by atoms with Crippen molar-refractivity contribution in [1.82, 2.24) is 15.3 Å². The van der Waals surface area contributed by atoms with Crippen molar-refractivity contribution in [1.29, 1.82) is 0 Å². The number of benzene rings is 1. The van der Waals surface area contributed by atoms with Crippen LogP contribution in [0.25, 0.3) is 10.9 Å². The zero-order chi connectivity index (χ0) is 12.3. The third kappa shape index (κ3) is 2.45. The summed E-state index contributed by atoms with van der Waals surface area (Å²) >= 11 is 0. The fourth-order valence-electron chi connectivity index (χ4n) is 1.66. The molecule has 0 saturated carbocycles. The van der Waals surface area contributed by atoms with Gasteiger partial charge in [0.2, 0.25) is 0 Å². The van der Waals surface area contributed by atoms with E-state index in [4.69, 9.17) is 10.5 Å². The van der Waals surface area contributed by atoms with Crippen LogP contribution in [0.4, 0.5) is 5.82 Å². The second-order valence-corrected chi connectivity index (χ2v) is 3.76. The minimum absolute atomic E-state index is 0.517. The molecule has 0 aliphatic heterocycles. The second kappa shape index (κ2) is 4.97. The lowest BCUT2D eigenvalue weighted by molar-refractivity contribution is 0.415. The Bertz CT molecular complexity index is 527. The number of nitrogens with two attached hydrogens (primary N) is 1. The maximum atomic E-state index is 5.91. The van der Waals surface area contributed by atoms with Gasteiger partial charge in [0, 0.05) is 24.4 Å². The number of nitrogens with zero attached hydrogens (tertiary/aromatic N) is 2. The molecule has 0 amide bonds. The molecule has 1 aromatic heterocycles. The summed E-state index contributed by atoms with van der Waals surface area (Å²) in [7, 11) is 3.53. The number of aromatic nitrogens is 2. The number of hydrogen-bond acceptors (Lipinski definition) is 5. The molecule has 0 radical (unpaired) electrons. The van der Waals surface area contributed by atoms with Gasteiger partial charge in [-0.3, -0.25) is 0 Å². The molecule has 5 nitrogen and oxygen atoms in total. The number of nitrogen functional groups attached to an aromatic ring is 1. The van der Waals surface area contributed by atoms with E-state index in [-0.39, 0.29) is 0 Å². The van der Waals surface area contributed by atoms with Gasteiger partial charge < -0.3 is 15.8 Å². The first-order valence-corrected chi connectivity index (χ1v) is 5.49. The summed E-state index contributed by atoms with van der Waals surface area (Å²) in [5.74, 6) is 2.04. The summed E-state index contributed by atoms with van der Waals surface area (Å²) in [5.41, 5.74) is 6.73. The molecule has 0 saturated heterocycles. The van der Waals surface area contributed by atoms with Crippen LogP contribution in [-0.4, -0.2) is 30.7 Å². The Labute approximate surface area is 100 Å².